The highest BCUT2D eigenvalue weighted by Crippen LogP contribution is 2.39. The van der Waals surface area contributed by atoms with Gasteiger partial charge >= 0.3 is 5.97 Å². The van der Waals surface area contributed by atoms with E-state index in [1.165, 1.54) is 17.9 Å². The number of rotatable bonds is 5. The number of halogens is 1. The first-order valence-electron chi connectivity index (χ1n) is 9.35. The number of thiophene rings is 1. The van der Waals surface area contributed by atoms with Crippen LogP contribution in [-0.4, -0.2) is 36.2 Å². The maximum absolute atomic E-state index is 14.5. The number of ether oxygens (including phenoxy) is 1. The number of benzene rings is 2. The molecule has 2 unspecified atom stereocenters. The predicted octanol–water partition coefficient (Wildman–Crippen LogP) is 4.94. The van der Waals surface area contributed by atoms with Crippen LogP contribution in [-0.2, 0) is 4.79 Å². The lowest BCUT2D eigenvalue weighted by molar-refractivity contribution is -0.143. The van der Waals surface area contributed by atoms with Crippen molar-refractivity contribution in [1.29, 1.82) is 0 Å². The number of carboxylic acid groups (broad SMARTS) is 1. The zero-order valence-corrected chi connectivity index (χ0v) is 16.4. The number of hydrogen-bond acceptors (Lipinski definition) is 4. The minimum absolute atomic E-state index is 0.181. The van der Waals surface area contributed by atoms with E-state index in [2.05, 4.69) is 23.1 Å². The van der Waals surface area contributed by atoms with Crippen molar-refractivity contribution < 1.29 is 19.0 Å². The van der Waals surface area contributed by atoms with E-state index in [4.69, 9.17) is 4.74 Å². The van der Waals surface area contributed by atoms with Gasteiger partial charge in [-0.2, -0.15) is 0 Å². The highest BCUT2D eigenvalue weighted by atomic mass is 32.1. The van der Waals surface area contributed by atoms with E-state index in [1.807, 2.05) is 18.2 Å². The molecule has 1 aromatic heterocycles. The Bertz CT molecular complexity index is 969. The Morgan fingerprint density at radius 2 is 2.11 bits per heavy atom. The van der Waals surface area contributed by atoms with Crippen LogP contribution in [0.5, 0.6) is 5.75 Å². The molecule has 4 nitrogen and oxygen atoms in total. The summed E-state index contributed by atoms with van der Waals surface area (Å²) in [7, 11) is 1.45. The van der Waals surface area contributed by atoms with Gasteiger partial charge in [0.1, 0.15) is 0 Å². The van der Waals surface area contributed by atoms with Gasteiger partial charge in [-0.1, -0.05) is 24.3 Å². The summed E-state index contributed by atoms with van der Waals surface area (Å²) in [5.74, 6) is -1.35. The third-order valence-electron chi connectivity index (χ3n) is 5.37. The van der Waals surface area contributed by atoms with Crippen molar-refractivity contribution in [3.63, 3.8) is 0 Å². The quantitative estimate of drug-likeness (QED) is 0.661. The molecule has 0 bridgehead atoms. The molecule has 6 heteroatoms. The van der Waals surface area contributed by atoms with Crippen molar-refractivity contribution >= 4 is 27.4 Å². The smallest absolute Gasteiger partial charge is 0.307 e. The van der Waals surface area contributed by atoms with Crippen molar-refractivity contribution in [3.05, 3.63) is 64.8 Å². The average molecular weight is 399 g/mol. The van der Waals surface area contributed by atoms with E-state index in [1.54, 1.807) is 17.4 Å². The van der Waals surface area contributed by atoms with Crippen LogP contribution in [0.2, 0.25) is 0 Å². The number of methoxy groups -OCH3 is 1. The molecule has 1 aliphatic heterocycles. The highest BCUT2D eigenvalue weighted by molar-refractivity contribution is 7.19. The topological polar surface area (TPSA) is 49.8 Å². The average Bonchev–Trinajstić information content (AvgIpc) is 3.12. The molecule has 146 valence electrons. The maximum atomic E-state index is 14.5. The van der Waals surface area contributed by atoms with E-state index in [9.17, 15) is 14.3 Å². The summed E-state index contributed by atoms with van der Waals surface area (Å²) in [5.41, 5.74) is 0.816. The van der Waals surface area contributed by atoms with Gasteiger partial charge in [0.25, 0.3) is 0 Å². The normalized spacial score (nSPS) is 18.9. The molecule has 2 aromatic carbocycles. The Morgan fingerprint density at radius 1 is 1.29 bits per heavy atom. The summed E-state index contributed by atoms with van der Waals surface area (Å²) in [6, 6.07) is 15.1. The second-order valence-corrected chi connectivity index (χ2v) is 8.27. The van der Waals surface area contributed by atoms with E-state index in [0.717, 1.165) is 28.8 Å². The van der Waals surface area contributed by atoms with Crippen LogP contribution < -0.4 is 4.74 Å². The second kappa shape index (κ2) is 7.89. The van der Waals surface area contributed by atoms with Crippen LogP contribution in [0.25, 0.3) is 10.1 Å². The molecule has 1 saturated heterocycles. The Kier molecular flexibility index (Phi) is 5.33. The lowest BCUT2D eigenvalue weighted by Gasteiger charge is -2.37. The van der Waals surface area contributed by atoms with Gasteiger partial charge in [-0.25, -0.2) is 4.39 Å². The number of aliphatic carboxylic acids is 1. The minimum Gasteiger partial charge on any atom is -0.494 e. The van der Waals surface area contributed by atoms with Crippen molar-refractivity contribution in [2.45, 2.75) is 18.9 Å². The Morgan fingerprint density at radius 3 is 2.82 bits per heavy atom. The van der Waals surface area contributed by atoms with Gasteiger partial charge in [-0.15, -0.1) is 11.3 Å². The molecule has 1 fully saturated rings. The van der Waals surface area contributed by atoms with Gasteiger partial charge in [-0.3, -0.25) is 9.69 Å². The van der Waals surface area contributed by atoms with Gasteiger partial charge in [0.2, 0.25) is 0 Å². The summed E-state index contributed by atoms with van der Waals surface area (Å²) >= 11 is 1.68. The molecule has 0 saturated carbocycles. The number of hydrogen-bond donors (Lipinski definition) is 1. The van der Waals surface area contributed by atoms with Gasteiger partial charge in [0.05, 0.1) is 19.1 Å². The summed E-state index contributed by atoms with van der Waals surface area (Å²) in [4.78, 5) is 14.8. The maximum Gasteiger partial charge on any atom is 0.307 e. The third kappa shape index (κ3) is 3.62. The van der Waals surface area contributed by atoms with Crippen molar-refractivity contribution in [1.82, 2.24) is 4.90 Å². The summed E-state index contributed by atoms with van der Waals surface area (Å²) < 4.78 is 20.7. The number of piperidine rings is 1. The number of carboxylic acids is 1. The first-order chi connectivity index (χ1) is 13.6. The zero-order chi connectivity index (χ0) is 19.7. The summed E-state index contributed by atoms with van der Waals surface area (Å²) in [5, 5.41) is 10.7. The molecular weight excluding hydrogens is 377 g/mol. The highest BCUT2D eigenvalue weighted by Gasteiger charge is 2.32. The van der Waals surface area contributed by atoms with Crippen LogP contribution in [0.1, 0.15) is 29.3 Å². The first kappa shape index (κ1) is 18.9. The molecule has 2 heterocycles. The Labute approximate surface area is 167 Å². The monoisotopic (exact) mass is 399 g/mol. The molecule has 1 aliphatic rings. The molecule has 0 spiro atoms. The van der Waals surface area contributed by atoms with Gasteiger partial charge < -0.3 is 9.84 Å². The third-order valence-corrected chi connectivity index (χ3v) is 6.54. The molecule has 0 radical (unpaired) electrons. The number of carbonyl (C=O) groups is 1. The first-order valence-corrected chi connectivity index (χ1v) is 10.2. The van der Waals surface area contributed by atoms with Crippen LogP contribution in [0, 0.1) is 11.7 Å². The van der Waals surface area contributed by atoms with Crippen molar-refractivity contribution in [2.75, 3.05) is 20.2 Å². The Hall–Kier alpha value is -2.44. The van der Waals surface area contributed by atoms with E-state index < -0.39 is 17.7 Å². The lowest BCUT2D eigenvalue weighted by Crippen LogP contribution is -2.41. The zero-order valence-electron chi connectivity index (χ0n) is 15.6. The molecule has 0 aliphatic carbocycles. The predicted molar refractivity (Wildman–Crippen MR) is 109 cm³/mol. The molecule has 2 atom stereocenters. The fraction of sp³-hybridized carbons (Fsp3) is 0.318. The van der Waals surface area contributed by atoms with Crippen LogP contribution >= 0.6 is 11.3 Å². The summed E-state index contributed by atoms with van der Waals surface area (Å²) in [6.07, 6.45) is 1.50. The van der Waals surface area contributed by atoms with Gasteiger partial charge in [0, 0.05) is 16.1 Å². The van der Waals surface area contributed by atoms with Crippen LogP contribution in [0.4, 0.5) is 4.39 Å². The number of fused-ring (bicyclic) bond motifs is 1. The second-order valence-electron chi connectivity index (χ2n) is 7.16. The van der Waals surface area contributed by atoms with Crippen LogP contribution in [0.15, 0.2) is 48.5 Å². The number of nitrogens with zero attached hydrogens (tertiary/aromatic N) is 1. The molecule has 0 amide bonds. The SMILES string of the molecule is COc1ccc(C(c2cc3ccccc3s2)N2CCCC(C(=O)O)C2)cc1F. The standard InChI is InChI=1S/C22H22FNO3S/c1-27-18-9-8-15(11-17(18)23)21(24-10-4-6-16(13-24)22(25)26)20-12-14-5-2-3-7-19(14)28-20/h2-3,5,7-9,11-12,16,21H,4,6,10,13H2,1H3,(H,25,26). The minimum atomic E-state index is -0.763. The largest absolute Gasteiger partial charge is 0.494 e. The van der Waals surface area contributed by atoms with E-state index in [0.29, 0.717) is 13.0 Å². The van der Waals surface area contributed by atoms with Gasteiger partial charge in [0.15, 0.2) is 11.6 Å². The van der Waals surface area contributed by atoms with Crippen LogP contribution in [0.3, 0.4) is 0 Å². The molecule has 4 rings (SSSR count). The Balaban J connectivity index is 1.78. The van der Waals surface area contributed by atoms with E-state index >= 15 is 0 Å². The van der Waals surface area contributed by atoms with E-state index in [-0.39, 0.29) is 11.8 Å². The fourth-order valence-electron chi connectivity index (χ4n) is 3.99. The van der Waals surface area contributed by atoms with Crippen molar-refractivity contribution in [3.8, 4) is 5.75 Å². The molecular formula is C22H22FNO3S. The molecule has 28 heavy (non-hydrogen) atoms. The lowest BCUT2D eigenvalue weighted by atomic mass is 9.94. The van der Waals surface area contributed by atoms with Gasteiger partial charge in [-0.05, 0) is 54.6 Å². The fourth-order valence-corrected chi connectivity index (χ4v) is 5.22. The van der Waals surface area contributed by atoms with Crippen molar-refractivity contribution in [2.24, 2.45) is 5.92 Å². The summed E-state index contributed by atoms with van der Waals surface area (Å²) in [6.45, 7) is 1.25. The number of likely N-dealkylation sites (tertiary alicyclic amines) is 1. The molecule has 3 aromatic rings. The molecule has 1 N–H and O–H groups in total.